The Morgan fingerprint density at radius 3 is 2.31 bits per heavy atom. The summed E-state index contributed by atoms with van der Waals surface area (Å²) in [5, 5.41) is 12.6. The summed E-state index contributed by atoms with van der Waals surface area (Å²) >= 11 is 1.36. The summed E-state index contributed by atoms with van der Waals surface area (Å²) in [6, 6.07) is 25.7. The third-order valence-corrected chi connectivity index (χ3v) is 6.34. The molecule has 0 radical (unpaired) electrons. The zero-order valence-corrected chi connectivity index (χ0v) is 21.3. The number of nitrogens with one attached hydrogen (secondary N) is 1. The maximum Gasteiger partial charge on any atom is 0.234 e. The highest BCUT2D eigenvalue weighted by atomic mass is 32.2. The SMILES string of the molecule is CCOc1ccc(-n2c(SCC(=O)Nc3ccccc3C(C)(C)C)nnc2-c2ccccc2)cc1. The lowest BCUT2D eigenvalue weighted by Crippen LogP contribution is -2.20. The van der Waals surface area contributed by atoms with Gasteiger partial charge in [0, 0.05) is 16.9 Å². The van der Waals surface area contributed by atoms with Gasteiger partial charge in [0.25, 0.3) is 0 Å². The quantitative estimate of drug-likeness (QED) is 0.293. The third-order valence-electron chi connectivity index (χ3n) is 5.41. The molecule has 35 heavy (non-hydrogen) atoms. The Morgan fingerprint density at radius 1 is 0.943 bits per heavy atom. The molecule has 6 nitrogen and oxygen atoms in total. The molecular weight excluding hydrogens is 456 g/mol. The van der Waals surface area contributed by atoms with Crippen molar-refractivity contribution in [3.63, 3.8) is 0 Å². The Bertz CT molecular complexity index is 1280. The van der Waals surface area contributed by atoms with E-state index in [1.807, 2.05) is 84.3 Å². The number of para-hydroxylation sites is 1. The second kappa shape index (κ2) is 10.8. The first-order chi connectivity index (χ1) is 16.9. The number of anilines is 1. The van der Waals surface area contributed by atoms with Crippen molar-refractivity contribution in [3.05, 3.63) is 84.4 Å². The number of rotatable bonds is 8. The van der Waals surface area contributed by atoms with Crippen LogP contribution >= 0.6 is 11.8 Å². The summed E-state index contributed by atoms with van der Waals surface area (Å²) in [4.78, 5) is 12.9. The molecule has 0 saturated heterocycles. The van der Waals surface area contributed by atoms with Crippen LogP contribution in [0.1, 0.15) is 33.3 Å². The van der Waals surface area contributed by atoms with Gasteiger partial charge < -0.3 is 10.1 Å². The summed E-state index contributed by atoms with van der Waals surface area (Å²) in [6.45, 7) is 8.97. The van der Waals surface area contributed by atoms with Gasteiger partial charge in [-0.05, 0) is 48.2 Å². The van der Waals surface area contributed by atoms with Crippen molar-refractivity contribution in [3.8, 4) is 22.8 Å². The van der Waals surface area contributed by atoms with E-state index in [9.17, 15) is 4.79 Å². The molecule has 0 bridgehead atoms. The number of nitrogens with zero attached hydrogens (tertiary/aromatic N) is 3. The highest BCUT2D eigenvalue weighted by Gasteiger charge is 2.20. The van der Waals surface area contributed by atoms with Crippen molar-refractivity contribution < 1.29 is 9.53 Å². The highest BCUT2D eigenvalue weighted by Crippen LogP contribution is 2.31. The minimum atomic E-state index is -0.0887. The summed E-state index contributed by atoms with van der Waals surface area (Å²) in [5.74, 6) is 1.64. The molecule has 0 aliphatic rings. The minimum Gasteiger partial charge on any atom is -0.494 e. The second-order valence-corrected chi connectivity index (χ2v) is 10.0. The van der Waals surface area contributed by atoms with Gasteiger partial charge in [-0.15, -0.1) is 10.2 Å². The number of thioether (sulfide) groups is 1. The molecule has 0 fully saturated rings. The lowest BCUT2D eigenvalue weighted by Gasteiger charge is -2.23. The summed E-state index contributed by atoms with van der Waals surface area (Å²) in [6.07, 6.45) is 0. The van der Waals surface area contributed by atoms with Crippen LogP contribution in [-0.2, 0) is 10.2 Å². The molecule has 0 aliphatic heterocycles. The molecule has 1 aromatic heterocycles. The molecule has 4 rings (SSSR count). The Kier molecular flexibility index (Phi) is 7.56. The van der Waals surface area contributed by atoms with Crippen LogP contribution in [0.2, 0.25) is 0 Å². The molecule has 3 aromatic carbocycles. The lowest BCUT2D eigenvalue weighted by atomic mass is 9.86. The number of carbonyl (C=O) groups is 1. The molecule has 1 N–H and O–H groups in total. The Balaban J connectivity index is 1.58. The van der Waals surface area contributed by atoms with Gasteiger partial charge in [0.05, 0.1) is 12.4 Å². The molecule has 0 aliphatic carbocycles. The van der Waals surface area contributed by atoms with Crippen LogP contribution in [0.15, 0.2) is 84.0 Å². The van der Waals surface area contributed by atoms with Crippen molar-refractivity contribution in [2.24, 2.45) is 0 Å². The number of carbonyl (C=O) groups excluding carboxylic acids is 1. The van der Waals surface area contributed by atoms with Gasteiger partial charge in [-0.25, -0.2) is 0 Å². The molecule has 7 heteroatoms. The number of ether oxygens (including phenoxy) is 1. The molecular formula is C28H30N4O2S. The number of amides is 1. The zero-order chi connectivity index (χ0) is 24.8. The highest BCUT2D eigenvalue weighted by molar-refractivity contribution is 7.99. The maximum absolute atomic E-state index is 12.9. The molecule has 0 atom stereocenters. The van der Waals surface area contributed by atoms with E-state index >= 15 is 0 Å². The Hall–Kier alpha value is -3.58. The summed E-state index contributed by atoms with van der Waals surface area (Å²) < 4.78 is 7.57. The second-order valence-electron chi connectivity index (χ2n) is 9.07. The van der Waals surface area contributed by atoms with Gasteiger partial charge in [-0.1, -0.05) is 81.1 Å². The third kappa shape index (κ3) is 5.92. The molecule has 0 saturated carbocycles. The van der Waals surface area contributed by atoms with Gasteiger partial charge >= 0.3 is 0 Å². The zero-order valence-electron chi connectivity index (χ0n) is 20.5. The van der Waals surface area contributed by atoms with E-state index in [-0.39, 0.29) is 17.1 Å². The standard InChI is InChI=1S/C28H30N4O2S/c1-5-34-22-17-15-21(16-18-22)32-26(20-11-7-6-8-12-20)30-31-27(32)35-19-25(33)29-24-14-10-9-13-23(24)28(2,3)4/h6-18H,5,19H2,1-4H3,(H,29,33). The van der Waals surface area contributed by atoms with E-state index in [0.717, 1.165) is 34.1 Å². The number of benzene rings is 3. The monoisotopic (exact) mass is 486 g/mol. The van der Waals surface area contributed by atoms with Gasteiger partial charge in [0.2, 0.25) is 5.91 Å². The number of aromatic nitrogens is 3. The molecule has 1 heterocycles. The predicted molar refractivity (Wildman–Crippen MR) is 142 cm³/mol. The first-order valence-electron chi connectivity index (χ1n) is 11.6. The fourth-order valence-electron chi connectivity index (χ4n) is 3.79. The van der Waals surface area contributed by atoms with Crippen molar-refractivity contribution >= 4 is 23.4 Å². The minimum absolute atomic E-state index is 0.0740. The normalized spacial score (nSPS) is 11.3. The average Bonchev–Trinajstić information content (AvgIpc) is 3.28. The summed E-state index contributed by atoms with van der Waals surface area (Å²) in [5.41, 5.74) is 3.71. The van der Waals surface area contributed by atoms with Crippen LogP contribution in [0.4, 0.5) is 5.69 Å². The van der Waals surface area contributed by atoms with Crippen LogP contribution in [0.3, 0.4) is 0 Å². The molecule has 1 amide bonds. The average molecular weight is 487 g/mol. The van der Waals surface area contributed by atoms with Gasteiger partial charge in [-0.2, -0.15) is 0 Å². The van der Waals surface area contributed by atoms with Crippen molar-refractivity contribution in [2.45, 2.75) is 38.3 Å². The predicted octanol–water partition coefficient (Wildman–Crippen LogP) is 6.36. The van der Waals surface area contributed by atoms with E-state index in [1.54, 1.807) is 0 Å². The lowest BCUT2D eigenvalue weighted by molar-refractivity contribution is -0.113. The van der Waals surface area contributed by atoms with Crippen LogP contribution in [0, 0.1) is 0 Å². The fraction of sp³-hybridized carbons (Fsp3) is 0.250. The first-order valence-corrected chi connectivity index (χ1v) is 12.6. The maximum atomic E-state index is 12.9. The van der Waals surface area contributed by atoms with Crippen molar-refractivity contribution in [1.29, 1.82) is 0 Å². The van der Waals surface area contributed by atoms with E-state index in [1.165, 1.54) is 11.8 Å². The molecule has 4 aromatic rings. The molecule has 0 unspecified atom stereocenters. The van der Waals surface area contributed by atoms with Crippen molar-refractivity contribution in [1.82, 2.24) is 14.8 Å². The summed E-state index contributed by atoms with van der Waals surface area (Å²) in [7, 11) is 0. The Morgan fingerprint density at radius 2 is 1.63 bits per heavy atom. The fourth-order valence-corrected chi connectivity index (χ4v) is 4.54. The van der Waals surface area contributed by atoms with E-state index in [0.29, 0.717) is 11.8 Å². The molecule has 180 valence electrons. The smallest absolute Gasteiger partial charge is 0.234 e. The van der Waals surface area contributed by atoms with E-state index in [2.05, 4.69) is 42.4 Å². The van der Waals surface area contributed by atoms with Gasteiger partial charge in [0.15, 0.2) is 11.0 Å². The largest absolute Gasteiger partial charge is 0.494 e. The van der Waals surface area contributed by atoms with E-state index in [4.69, 9.17) is 4.74 Å². The van der Waals surface area contributed by atoms with Crippen LogP contribution in [0.25, 0.3) is 17.1 Å². The van der Waals surface area contributed by atoms with Crippen LogP contribution in [0.5, 0.6) is 5.75 Å². The Labute approximate surface area is 210 Å². The van der Waals surface area contributed by atoms with Gasteiger partial charge in [-0.3, -0.25) is 9.36 Å². The van der Waals surface area contributed by atoms with Crippen LogP contribution < -0.4 is 10.1 Å². The van der Waals surface area contributed by atoms with Crippen molar-refractivity contribution in [2.75, 3.05) is 17.7 Å². The van der Waals surface area contributed by atoms with Crippen LogP contribution in [-0.4, -0.2) is 33.0 Å². The number of hydrogen-bond acceptors (Lipinski definition) is 5. The first kappa shape index (κ1) is 24.5. The van der Waals surface area contributed by atoms with Gasteiger partial charge in [0.1, 0.15) is 5.75 Å². The number of hydrogen-bond donors (Lipinski definition) is 1. The van der Waals surface area contributed by atoms with E-state index < -0.39 is 0 Å². The molecule has 0 spiro atoms. The topological polar surface area (TPSA) is 69.0 Å².